The van der Waals surface area contributed by atoms with Gasteiger partial charge in [-0.2, -0.15) is 0 Å². The third-order valence-corrected chi connectivity index (χ3v) is 1.51. The van der Waals surface area contributed by atoms with Gasteiger partial charge in [-0.15, -0.1) is 23.2 Å². The summed E-state index contributed by atoms with van der Waals surface area (Å²) < 4.78 is 9.59. The molecule has 4 heteroatoms. The van der Waals surface area contributed by atoms with Crippen LogP contribution in [-0.2, 0) is 9.47 Å². The van der Waals surface area contributed by atoms with Crippen LogP contribution in [-0.4, -0.2) is 24.8 Å². The largest absolute Gasteiger partial charge is 0.359 e. The van der Waals surface area contributed by atoms with Crippen molar-refractivity contribution in [2.75, 3.05) is 13.9 Å². The minimum absolute atomic E-state index is 0.173. The van der Waals surface area contributed by atoms with E-state index in [1.807, 2.05) is 0 Å². The highest BCUT2D eigenvalue weighted by Crippen LogP contribution is 2.10. The molecule has 0 aliphatic heterocycles. The standard InChI is InChI=1S/C5H10Cl2O2/c1-4(5(6)7)9-3-8-2/h4-5H,3H2,1-2H3. The van der Waals surface area contributed by atoms with Gasteiger partial charge in [0.2, 0.25) is 0 Å². The molecule has 0 amide bonds. The number of rotatable bonds is 4. The number of methoxy groups -OCH3 is 1. The summed E-state index contributed by atoms with van der Waals surface area (Å²) in [5.74, 6) is 0. The minimum Gasteiger partial charge on any atom is -0.359 e. The Morgan fingerprint density at radius 2 is 2.00 bits per heavy atom. The van der Waals surface area contributed by atoms with Crippen molar-refractivity contribution in [2.24, 2.45) is 0 Å². The van der Waals surface area contributed by atoms with Crippen LogP contribution in [0.1, 0.15) is 6.92 Å². The first kappa shape index (κ1) is 9.50. The van der Waals surface area contributed by atoms with Crippen LogP contribution >= 0.6 is 23.2 Å². The van der Waals surface area contributed by atoms with Gasteiger partial charge < -0.3 is 9.47 Å². The van der Waals surface area contributed by atoms with Gasteiger partial charge in [0.05, 0.1) is 6.10 Å². The molecule has 0 aliphatic carbocycles. The molecule has 0 aromatic heterocycles. The fraction of sp³-hybridized carbons (Fsp3) is 1.00. The summed E-state index contributed by atoms with van der Waals surface area (Å²) in [5.41, 5.74) is 0. The molecule has 0 aliphatic rings. The molecule has 0 aromatic carbocycles. The topological polar surface area (TPSA) is 18.5 Å². The van der Waals surface area contributed by atoms with Gasteiger partial charge in [-0.05, 0) is 6.92 Å². The van der Waals surface area contributed by atoms with Crippen molar-refractivity contribution < 1.29 is 9.47 Å². The average molecular weight is 173 g/mol. The van der Waals surface area contributed by atoms with Gasteiger partial charge in [0.1, 0.15) is 11.6 Å². The normalized spacial score (nSPS) is 14.3. The summed E-state index contributed by atoms with van der Waals surface area (Å²) in [6.45, 7) is 2.01. The van der Waals surface area contributed by atoms with Crippen molar-refractivity contribution in [1.82, 2.24) is 0 Å². The zero-order valence-electron chi connectivity index (χ0n) is 5.43. The van der Waals surface area contributed by atoms with Crippen LogP contribution in [0.2, 0.25) is 0 Å². The maximum absolute atomic E-state index is 5.45. The predicted molar refractivity (Wildman–Crippen MR) is 37.9 cm³/mol. The lowest BCUT2D eigenvalue weighted by molar-refractivity contribution is -0.0605. The van der Waals surface area contributed by atoms with Crippen LogP contribution in [0.15, 0.2) is 0 Å². The van der Waals surface area contributed by atoms with E-state index >= 15 is 0 Å². The average Bonchev–Trinajstić information content (AvgIpc) is 1.82. The molecule has 1 unspecified atom stereocenters. The van der Waals surface area contributed by atoms with Crippen LogP contribution in [0.3, 0.4) is 0 Å². The van der Waals surface area contributed by atoms with Gasteiger partial charge in [0.25, 0.3) is 0 Å². The molecule has 9 heavy (non-hydrogen) atoms. The molecule has 0 radical (unpaired) electrons. The maximum atomic E-state index is 5.45. The van der Waals surface area contributed by atoms with E-state index in [0.717, 1.165) is 0 Å². The summed E-state index contributed by atoms with van der Waals surface area (Å²) in [5, 5.41) is 0. The fourth-order valence-electron chi connectivity index (χ4n) is 0.248. The van der Waals surface area contributed by atoms with Gasteiger partial charge in [0, 0.05) is 7.11 Å². The first-order valence-electron chi connectivity index (χ1n) is 2.57. The molecule has 56 valence electrons. The molecule has 0 saturated heterocycles. The van der Waals surface area contributed by atoms with Crippen LogP contribution in [0, 0.1) is 0 Å². The number of alkyl halides is 2. The molecule has 0 fully saturated rings. The number of halogens is 2. The molecule has 0 bridgehead atoms. The van der Waals surface area contributed by atoms with Crippen molar-refractivity contribution in [3.8, 4) is 0 Å². The summed E-state index contributed by atoms with van der Waals surface area (Å²) in [6, 6.07) is 0. The van der Waals surface area contributed by atoms with E-state index in [2.05, 4.69) is 4.74 Å². The number of ether oxygens (including phenoxy) is 2. The van der Waals surface area contributed by atoms with Gasteiger partial charge in [-0.3, -0.25) is 0 Å². The quantitative estimate of drug-likeness (QED) is 0.476. The van der Waals surface area contributed by atoms with Crippen molar-refractivity contribution in [3.63, 3.8) is 0 Å². The van der Waals surface area contributed by atoms with Crippen LogP contribution in [0.25, 0.3) is 0 Å². The molecule has 0 rings (SSSR count). The molecule has 0 saturated carbocycles. The van der Waals surface area contributed by atoms with E-state index in [9.17, 15) is 0 Å². The third kappa shape index (κ3) is 4.97. The smallest absolute Gasteiger partial charge is 0.146 e. The Morgan fingerprint density at radius 1 is 1.44 bits per heavy atom. The van der Waals surface area contributed by atoms with Crippen molar-refractivity contribution in [3.05, 3.63) is 0 Å². The second-order valence-corrected chi connectivity index (χ2v) is 2.78. The highest BCUT2D eigenvalue weighted by atomic mass is 35.5. The zero-order valence-corrected chi connectivity index (χ0v) is 6.95. The summed E-state index contributed by atoms with van der Waals surface area (Å²) in [7, 11) is 1.55. The van der Waals surface area contributed by atoms with Crippen molar-refractivity contribution in [2.45, 2.75) is 17.9 Å². The predicted octanol–water partition coefficient (Wildman–Crippen LogP) is 1.80. The summed E-state index contributed by atoms with van der Waals surface area (Å²) >= 11 is 10.9. The first-order chi connectivity index (χ1) is 4.18. The van der Waals surface area contributed by atoms with E-state index < -0.39 is 4.84 Å². The van der Waals surface area contributed by atoms with Crippen LogP contribution in [0.5, 0.6) is 0 Å². The molecule has 0 spiro atoms. The number of hydrogen-bond acceptors (Lipinski definition) is 2. The number of hydrogen-bond donors (Lipinski definition) is 0. The highest BCUT2D eigenvalue weighted by Gasteiger charge is 2.09. The lowest BCUT2D eigenvalue weighted by atomic mass is 10.5. The minimum atomic E-state index is -0.486. The van der Waals surface area contributed by atoms with Gasteiger partial charge in [-0.1, -0.05) is 0 Å². The second kappa shape index (κ2) is 5.30. The van der Waals surface area contributed by atoms with E-state index in [0.29, 0.717) is 0 Å². The fourth-order valence-corrected chi connectivity index (χ4v) is 0.394. The Hall–Kier alpha value is 0.500. The van der Waals surface area contributed by atoms with Crippen LogP contribution < -0.4 is 0 Å². The van der Waals surface area contributed by atoms with E-state index in [1.54, 1.807) is 14.0 Å². The molecular weight excluding hydrogens is 163 g/mol. The molecule has 0 heterocycles. The van der Waals surface area contributed by atoms with Crippen LogP contribution in [0.4, 0.5) is 0 Å². The van der Waals surface area contributed by atoms with Gasteiger partial charge >= 0.3 is 0 Å². The monoisotopic (exact) mass is 172 g/mol. The molecule has 0 aromatic rings. The van der Waals surface area contributed by atoms with E-state index in [4.69, 9.17) is 27.9 Å². The molecule has 1 atom stereocenters. The van der Waals surface area contributed by atoms with E-state index in [-0.39, 0.29) is 12.9 Å². The molecule has 0 N–H and O–H groups in total. The Bertz CT molecular complexity index is 68.0. The lowest BCUT2D eigenvalue weighted by Crippen LogP contribution is -2.17. The second-order valence-electron chi connectivity index (χ2n) is 1.61. The Morgan fingerprint density at radius 3 is 2.33 bits per heavy atom. The Kier molecular flexibility index (Phi) is 5.59. The molecular formula is C5H10Cl2O2. The maximum Gasteiger partial charge on any atom is 0.146 e. The molecule has 2 nitrogen and oxygen atoms in total. The van der Waals surface area contributed by atoms with Gasteiger partial charge in [-0.25, -0.2) is 0 Å². The summed E-state index contributed by atoms with van der Waals surface area (Å²) in [4.78, 5) is -0.486. The lowest BCUT2D eigenvalue weighted by Gasteiger charge is -2.11. The van der Waals surface area contributed by atoms with Gasteiger partial charge in [0.15, 0.2) is 0 Å². The zero-order chi connectivity index (χ0) is 7.28. The first-order valence-corrected chi connectivity index (χ1v) is 3.44. The van der Waals surface area contributed by atoms with Crippen molar-refractivity contribution >= 4 is 23.2 Å². The third-order valence-electron chi connectivity index (χ3n) is 0.804. The van der Waals surface area contributed by atoms with Crippen molar-refractivity contribution in [1.29, 1.82) is 0 Å². The van der Waals surface area contributed by atoms with E-state index in [1.165, 1.54) is 0 Å². The SMILES string of the molecule is COCOC(C)C(Cl)Cl. The highest BCUT2D eigenvalue weighted by molar-refractivity contribution is 6.44. The Balaban J connectivity index is 3.16. The summed E-state index contributed by atoms with van der Waals surface area (Å²) in [6.07, 6.45) is -0.173. The Labute approximate surface area is 65.0 Å².